The third-order valence-electron chi connectivity index (χ3n) is 8.27. The molecular formula is C33H33N3O5. The van der Waals surface area contributed by atoms with Gasteiger partial charge in [-0.2, -0.15) is 0 Å². The van der Waals surface area contributed by atoms with Gasteiger partial charge in [0, 0.05) is 55.8 Å². The second kappa shape index (κ2) is 11.7. The third kappa shape index (κ3) is 5.79. The van der Waals surface area contributed by atoms with Crippen LogP contribution in [-0.4, -0.2) is 70.3 Å². The number of hydrogen-bond acceptors (Lipinski definition) is 6. The van der Waals surface area contributed by atoms with E-state index in [1.807, 2.05) is 41.3 Å². The van der Waals surface area contributed by atoms with E-state index in [0.717, 1.165) is 36.3 Å². The van der Waals surface area contributed by atoms with Crippen molar-refractivity contribution < 1.29 is 23.9 Å². The smallest absolute Gasteiger partial charge is 0.255 e. The first-order valence-electron chi connectivity index (χ1n) is 14.2. The Hall–Kier alpha value is -4.30. The van der Waals surface area contributed by atoms with E-state index in [9.17, 15) is 19.2 Å². The molecule has 3 aromatic carbocycles. The maximum atomic E-state index is 13.1. The van der Waals surface area contributed by atoms with E-state index in [4.69, 9.17) is 4.74 Å². The van der Waals surface area contributed by atoms with Gasteiger partial charge in [0.15, 0.2) is 5.78 Å². The molecule has 2 aliphatic heterocycles. The molecule has 210 valence electrons. The standard InChI is InChI=1S/C33H33N3O5/c37-26-13-14-29(30(38)19-26)36-21-28-27(33(36)40)7-4-8-31(28)41-22-24-11-9-23(10-12-24)20-34-15-17-35(18-16-34)32(39)25-5-2-1-3-6-25/h1-12,29H,13-22H2. The minimum atomic E-state index is -0.541. The van der Waals surface area contributed by atoms with Crippen molar-refractivity contribution in [3.8, 4) is 5.75 Å². The Labute approximate surface area is 239 Å². The van der Waals surface area contributed by atoms with Gasteiger partial charge in [-0.05, 0) is 41.8 Å². The number of carbonyl (C=O) groups is 4. The average Bonchev–Trinajstić information content (AvgIpc) is 3.34. The molecule has 1 saturated carbocycles. The van der Waals surface area contributed by atoms with Gasteiger partial charge in [0.25, 0.3) is 11.8 Å². The SMILES string of the molecule is O=C1CCC(N2Cc3c(OCc4ccc(CN5CCN(C(=O)c6ccccc6)CC5)cc4)cccc3C2=O)C(=O)C1. The van der Waals surface area contributed by atoms with Crippen LogP contribution in [0.2, 0.25) is 0 Å². The van der Waals surface area contributed by atoms with Crippen LogP contribution in [0.4, 0.5) is 0 Å². The van der Waals surface area contributed by atoms with Crippen molar-refractivity contribution in [1.29, 1.82) is 0 Å². The molecule has 8 heteroatoms. The van der Waals surface area contributed by atoms with E-state index >= 15 is 0 Å². The number of nitrogens with zero attached hydrogens (tertiary/aromatic N) is 3. The highest BCUT2D eigenvalue weighted by Crippen LogP contribution is 2.34. The summed E-state index contributed by atoms with van der Waals surface area (Å²) in [6, 6.07) is 22.7. The second-order valence-corrected chi connectivity index (χ2v) is 11.0. The quantitative estimate of drug-likeness (QED) is 0.415. The molecule has 2 heterocycles. The summed E-state index contributed by atoms with van der Waals surface area (Å²) in [6.07, 6.45) is 0.635. The van der Waals surface area contributed by atoms with Gasteiger partial charge in [-0.15, -0.1) is 0 Å². The van der Waals surface area contributed by atoms with Crippen LogP contribution in [0.5, 0.6) is 5.75 Å². The predicted molar refractivity (Wildman–Crippen MR) is 152 cm³/mol. The van der Waals surface area contributed by atoms with Crippen molar-refractivity contribution in [1.82, 2.24) is 14.7 Å². The van der Waals surface area contributed by atoms with Crippen LogP contribution in [0.3, 0.4) is 0 Å². The molecule has 8 nitrogen and oxygen atoms in total. The fraction of sp³-hybridized carbons (Fsp3) is 0.333. The predicted octanol–water partition coefficient (Wildman–Crippen LogP) is 3.87. The lowest BCUT2D eigenvalue weighted by Gasteiger charge is -2.34. The molecule has 0 N–H and O–H groups in total. The number of carbonyl (C=O) groups excluding carboxylic acids is 4. The number of benzene rings is 3. The number of ether oxygens (including phenoxy) is 1. The number of hydrogen-bond donors (Lipinski definition) is 0. The molecule has 2 fully saturated rings. The van der Waals surface area contributed by atoms with Crippen molar-refractivity contribution in [2.24, 2.45) is 0 Å². The molecule has 41 heavy (non-hydrogen) atoms. The first kappa shape index (κ1) is 26.9. The van der Waals surface area contributed by atoms with Crippen molar-refractivity contribution in [2.75, 3.05) is 26.2 Å². The minimum absolute atomic E-state index is 0.0525. The number of piperazine rings is 1. The van der Waals surface area contributed by atoms with E-state index in [1.165, 1.54) is 5.56 Å². The molecule has 1 aliphatic carbocycles. The van der Waals surface area contributed by atoms with Crippen LogP contribution in [0.15, 0.2) is 72.8 Å². The Morgan fingerprint density at radius 1 is 0.829 bits per heavy atom. The molecule has 0 bridgehead atoms. The Morgan fingerprint density at radius 3 is 2.29 bits per heavy atom. The summed E-state index contributed by atoms with van der Waals surface area (Å²) in [5, 5.41) is 0. The van der Waals surface area contributed by atoms with Crippen molar-refractivity contribution >= 4 is 23.4 Å². The number of ketones is 2. The fourth-order valence-electron chi connectivity index (χ4n) is 5.93. The molecule has 1 saturated heterocycles. The summed E-state index contributed by atoms with van der Waals surface area (Å²) < 4.78 is 6.16. The number of fused-ring (bicyclic) bond motifs is 1. The molecule has 6 rings (SSSR count). The molecule has 3 aromatic rings. The van der Waals surface area contributed by atoms with Gasteiger partial charge in [0.2, 0.25) is 0 Å². The molecule has 1 atom stereocenters. The van der Waals surface area contributed by atoms with Crippen LogP contribution in [0, 0.1) is 0 Å². The monoisotopic (exact) mass is 551 g/mol. The highest BCUT2D eigenvalue weighted by molar-refractivity contribution is 6.07. The maximum absolute atomic E-state index is 13.1. The van der Waals surface area contributed by atoms with Crippen molar-refractivity contribution in [3.63, 3.8) is 0 Å². The number of rotatable bonds is 7. The zero-order valence-corrected chi connectivity index (χ0v) is 23.0. The molecule has 0 aromatic heterocycles. The highest BCUT2D eigenvalue weighted by atomic mass is 16.5. The van der Waals surface area contributed by atoms with E-state index in [1.54, 1.807) is 17.0 Å². The topological polar surface area (TPSA) is 87.2 Å². The summed E-state index contributed by atoms with van der Waals surface area (Å²) in [7, 11) is 0. The number of Topliss-reactive ketones (excluding diaryl/α,β-unsaturated/α-hetero) is 2. The van der Waals surface area contributed by atoms with E-state index in [0.29, 0.717) is 50.4 Å². The maximum Gasteiger partial charge on any atom is 0.255 e. The fourth-order valence-corrected chi connectivity index (χ4v) is 5.93. The lowest BCUT2D eigenvalue weighted by Crippen LogP contribution is -2.48. The first-order chi connectivity index (χ1) is 20.0. The van der Waals surface area contributed by atoms with Crippen LogP contribution in [-0.2, 0) is 29.3 Å². The molecule has 0 spiro atoms. The zero-order valence-electron chi connectivity index (χ0n) is 23.0. The summed E-state index contributed by atoms with van der Waals surface area (Å²) in [6.45, 7) is 4.61. The van der Waals surface area contributed by atoms with E-state index in [-0.39, 0.29) is 29.8 Å². The summed E-state index contributed by atoms with van der Waals surface area (Å²) >= 11 is 0. The van der Waals surface area contributed by atoms with Gasteiger partial charge in [-0.3, -0.25) is 24.1 Å². The molecular weight excluding hydrogens is 518 g/mol. The van der Waals surface area contributed by atoms with Gasteiger partial charge in [-0.1, -0.05) is 48.5 Å². The van der Waals surface area contributed by atoms with Gasteiger partial charge >= 0.3 is 0 Å². The third-order valence-corrected chi connectivity index (χ3v) is 8.27. The van der Waals surface area contributed by atoms with Gasteiger partial charge in [0.05, 0.1) is 19.0 Å². The highest BCUT2D eigenvalue weighted by Gasteiger charge is 2.40. The number of amides is 2. The summed E-state index contributed by atoms with van der Waals surface area (Å²) in [5.41, 5.74) is 4.32. The molecule has 0 radical (unpaired) electrons. The van der Waals surface area contributed by atoms with Gasteiger partial charge in [-0.25, -0.2) is 0 Å². The Bertz CT molecular complexity index is 1460. The van der Waals surface area contributed by atoms with Gasteiger partial charge in [0.1, 0.15) is 18.1 Å². The Morgan fingerprint density at radius 2 is 1.56 bits per heavy atom. The lowest BCUT2D eigenvalue weighted by molar-refractivity contribution is -0.133. The summed E-state index contributed by atoms with van der Waals surface area (Å²) in [5.74, 6) is 0.336. The van der Waals surface area contributed by atoms with Crippen molar-refractivity contribution in [2.45, 2.75) is 45.0 Å². The Kier molecular flexibility index (Phi) is 7.65. The van der Waals surface area contributed by atoms with Crippen LogP contribution < -0.4 is 4.74 Å². The lowest BCUT2D eigenvalue weighted by atomic mass is 9.92. The van der Waals surface area contributed by atoms with E-state index < -0.39 is 6.04 Å². The first-order valence-corrected chi connectivity index (χ1v) is 14.2. The normalized spacial score (nSPS) is 19.4. The molecule has 2 amide bonds. The van der Waals surface area contributed by atoms with E-state index in [2.05, 4.69) is 29.2 Å². The summed E-state index contributed by atoms with van der Waals surface area (Å²) in [4.78, 5) is 55.8. The minimum Gasteiger partial charge on any atom is -0.489 e. The average molecular weight is 552 g/mol. The van der Waals surface area contributed by atoms with Crippen LogP contribution >= 0.6 is 0 Å². The van der Waals surface area contributed by atoms with Crippen molar-refractivity contribution in [3.05, 3.63) is 101 Å². The van der Waals surface area contributed by atoms with Crippen LogP contribution in [0.25, 0.3) is 0 Å². The zero-order chi connectivity index (χ0) is 28.3. The largest absolute Gasteiger partial charge is 0.489 e. The second-order valence-electron chi connectivity index (χ2n) is 11.0. The van der Waals surface area contributed by atoms with Crippen LogP contribution in [0.1, 0.15) is 56.7 Å². The molecule has 3 aliphatic rings. The van der Waals surface area contributed by atoms with Gasteiger partial charge < -0.3 is 14.5 Å². The Balaban J connectivity index is 1.02. The molecule has 1 unspecified atom stereocenters.